The first-order chi connectivity index (χ1) is 13.5. The summed E-state index contributed by atoms with van der Waals surface area (Å²) in [6.45, 7) is 6.74. The van der Waals surface area contributed by atoms with E-state index in [1.807, 2.05) is 36.7 Å². The highest BCUT2D eigenvalue weighted by Crippen LogP contribution is 2.30. The molecule has 0 unspecified atom stereocenters. The number of pyridine rings is 1. The van der Waals surface area contributed by atoms with Gasteiger partial charge in [0, 0.05) is 22.3 Å². The highest BCUT2D eigenvalue weighted by Gasteiger charge is 2.15. The Morgan fingerprint density at radius 1 is 1.04 bits per heavy atom. The molecule has 4 rings (SSSR count). The van der Waals surface area contributed by atoms with Gasteiger partial charge in [0.25, 0.3) is 0 Å². The van der Waals surface area contributed by atoms with Crippen LogP contribution in [0.4, 0.5) is 0 Å². The zero-order valence-electron chi connectivity index (χ0n) is 16.0. The molecule has 2 heterocycles. The van der Waals surface area contributed by atoms with Gasteiger partial charge in [-0.05, 0) is 62.2 Å². The molecule has 0 saturated heterocycles. The van der Waals surface area contributed by atoms with E-state index in [2.05, 4.69) is 42.2 Å². The second-order valence-corrected chi connectivity index (χ2v) is 7.40. The summed E-state index contributed by atoms with van der Waals surface area (Å²) in [4.78, 5) is 4.56. The number of nitriles is 1. The summed E-state index contributed by atoms with van der Waals surface area (Å²) < 4.78 is 2.01. The molecule has 0 N–H and O–H groups in total. The van der Waals surface area contributed by atoms with Crippen LogP contribution in [0, 0.1) is 32.1 Å². The van der Waals surface area contributed by atoms with Crippen LogP contribution in [0.3, 0.4) is 0 Å². The summed E-state index contributed by atoms with van der Waals surface area (Å²) in [5, 5.41) is 15.4. The van der Waals surface area contributed by atoms with Gasteiger partial charge in [-0.2, -0.15) is 10.4 Å². The van der Waals surface area contributed by atoms with Crippen molar-refractivity contribution in [3.8, 4) is 17.2 Å². The summed E-state index contributed by atoms with van der Waals surface area (Å²) in [5.41, 5.74) is 7.72. The molecule has 0 amide bonds. The number of hydrogen-bond acceptors (Lipinski definition) is 3. The molecule has 28 heavy (non-hydrogen) atoms. The molecule has 2 aromatic heterocycles. The Morgan fingerprint density at radius 2 is 1.86 bits per heavy atom. The summed E-state index contributed by atoms with van der Waals surface area (Å²) in [5.74, 6) is 0. The Balaban J connectivity index is 1.71. The van der Waals surface area contributed by atoms with E-state index < -0.39 is 0 Å². The van der Waals surface area contributed by atoms with Crippen molar-refractivity contribution in [2.45, 2.75) is 27.3 Å². The van der Waals surface area contributed by atoms with Crippen molar-refractivity contribution >= 4 is 22.5 Å². The van der Waals surface area contributed by atoms with Crippen LogP contribution < -0.4 is 0 Å². The molecule has 0 aliphatic carbocycles. The molecule has 0 aliphatic rings. The van der Waals surface area contributed by atoms with E-state index >= 15 is 0 Å². The number of rotatable bonds is 3. The maximum atomic E-state index is 9.09. The average Bonchev–Trinajstić information content (AvgIpc) is 2.95. The standard InChI is InChI=1S/C23H19ClN4/c1-14-4-6-18-10-17(5-9-22(18)26-14)13-28-16(3)23(15(2)27-28)19-7-8-20(12-25)21(24)11-19/h4-11H,13H2,1-3H3. The zero-order chi connectivity index (χ0) is 19.8. The Morgan fingerprint density at radius 3 is 2.61 bits per heavy atom. The lowest BCUT2D eigenvalue weighted by Crippen LogP contribution is -2.04. The highest BCUT2D eigenvalue weighted by atomic mass is 35.5. The highest BCUT2D eigenvalue weighted by molar-refractivity contribution is 6.32. The summed E-state index contributed by atoms with van der Waals surface area (Å²) >= 11 is 6.23. The van der Waals surface area contributed by atoms with Crippen molar-refractivity contribution in [1.29, 1.82) is 5.26 Å². The zero-order valence-corrected chi connectivity index (χ0v) is 16.7. The summed E-state index contributed by atoms with van der Waals surface area (Å²) in [6, 6.07) is 18.1. The van der Waals surface area contributed by atoms with Crippen LogP contribution in [0.2, 0.25) is 5.02 Å². The number of aryl methyl sites for hydroxylation is 2. The minimum Gasteiger partial charge on any atom is -0.265 e. The van der Waals surface area contributed by atoms with Gasteiger partial charge in [0.2, 0.25) is 0 Å². The fourth-order valence-corrected chi connectivity index (χ4v) is 3.80. The van der Waals surface area contributed by atoms with Crippen LogP contribution >= 0.6 is 11.6 Å². The third-order valence-electron chi connectivity index (χ3n) is 4.98. The lowest BCUT2D eigenvalue weighted by molar-refractivity contribution is 0.659. The van der Waals surface area contributed by atoms with Crippen LogP contribution in [-0.4, -0.2) is 14.8 Å². The van der Waals surface area contributed by atoms with Crippen LogP contribution in [0.5, 0.6) is 0 Å². The topological polar surface area (TPSA) is 54.5 Å². The van der Waals surface area contributed by atoms with Gasteiger partial charge in [-0.15, -0.1) is 0 Å². The number of benzene rings is 2. The van der Waals surface area contributed by atoms with Crippen molar-refractivity contribution in [3.63, 3.8) is 0 Å². The monoisotopic (exact) mass is 386 g/mol. The molecule has 0 atom stereocenters. The van der Waals surface area contributed by atoms with E-state index in [-0.39, 0.29) is 0 Å². The molecule has 4 nitrogen and oxygen atoms in total. The van der Waals surface area contributed by atoms with E-state index in [1.165, 1.54) is 5.56 Å². The smallest absolute Gasteiger partial charge is 0.101 e. The van der Waals surface area contributed by atoms with Crippen molar-refractivity contribution in [1.82, 2.24) is 14.8 Å². The quantitative estimate of drug-likeness (QED) is 0.460. The number of hydrogen-bond donors (Lipinski definition) is 0. The summed E-state index contributed by atoms with van der Waals surface area (Å²) in [6.07, 6.45) is 0. The van der Waals surface area contributed by atoms with Gasteiger partial charge >= 0.3 is 0 Å². The Labute approximate surface area is 169 Å². The predicted molar refractivity (Wildman–Crippen MR) is 112 cm³/mol. The van der Waals surface area contributed by atoms with E-state index in [1.54, 1.807) is 6.07 Å². The number of halogens is 1. The van der Waals surface area contributed by atoms with E-state index in [0.29, 0.717) is 17.1 Å². The maximum Gasteiger partial charge on any atom is 0.101 e. The minimum atomic E-state index is 0.462. The van der Waals surface area contributed by atoms with Crippen LogP contribution in [0.1, 0.15) is 28.2 Å². The van der Waals surface area contributed by atoms with Crippen molar-refractivity contribution in [3.05, 3.63) is 81.8 Å². The van der Waals surface area contributed by atoms with Crippen molar-refractivity contribution in [2.75, 3.05) is 0 Å². The van der Waals surface area contributed by atoms with Gasteiger partial charge in [0.05, 0.1) is 28.3 Å². The molecule has 0 fully saturated rings. The van der Waals surface area contributed by atoms with Gasteiger partial charge in [0.15, 0.2) is 0 Å². The fourth-order valence-electron chi connectivity index (χ4n) is 3.58. The van der Waals surface area contributed by atoms with Gasteiger partial charge in [0.1, 0.15) is 6.07 Å². The number of fused-ring (bicyclic) bond motifs is 1. The molecule has 4 aromatic rings. The molecule has 0 spiro atoms. The second-order valence-electron chi connectivity index (χ2n) is 6.99. The number of aromatic nitrogens is 3. The Bertz CT molecular complexity index is 1250. The fraction of sp³-hybridized carbons (Fsp3) is 0.174. The van der Waals surface area contributed by atoms with Crippen LogP contribution in [0.25, 0.3) is 22.0 Å². The average molecular weight is 387 g/mol. The van der Waals surface area contributed by atoms with Gasteiger partial charge in [-0.25, -0.2) is 0 Å². The second kappa shape index (κ2) is 7.10. The molecular formula is C23H19ClN4. The largest absolute Gasteiger partial charge is 0.265 e. The first-order valence-corrected chi connectivity index (χ1v) is 9.44. The minimum absolute atomic E-state index is 0.462. The van der Waals surface area contributed by atoms with Crippen molar-refractivity contribution in [2.24, 2.45) is 0 Å². The lowest BCUT2D eigenvalue weighted by atomic mass is 10.0. The molecular weight excluding hydrogens is 368 g/mol. The number of nitrogens with zero attached hydrogens (tertiary/aromatic N) is 4. The molecule has 2 aromatic carbocycles. The SMILES string of the molecule is Cc1ccc2cc(Cn3nc(C)c(-c4ccc(C#N)c(Cl)c4)c3C)ccc2n1. The van der Waals surface area contributed by atoms with Crippen LogP contribution in [-0.2, 0) is 6.54 Å². The Hall–Kier alpha value is -3.16. The predicted octanol–water partition coefficient (Wildman–Crippen LogP) is 5.60. The molecule has 0 saturated carbocycles. The molecule has 0 aliphatic heterocycles. The molecule has 5 heteroatoms. The third-order valence-corrected chi connectivity index (χ3v) is 5.30. The third kappa shape index (κ3) is 3.26. The summed E-state index contributed by atoms with van der Waals surface area (Å²) in [7, 11) is 0. The van der Waals surface area contributed by atoms with Gasteiger partial charge in [-0.3, -0.25) is 9.67 Å². The molecule has 138 valence electrons. The molecule has 0 bridgehead atoms. The Kier molecular flexibility index (Phi) is 4.62. The van der Waals surface area contributed by atoms with Gasteiger partial charge in [-0.1, -0.05) is 29.8 Å². The molecule has 0 radical (unpaired) electrons. The maximum absolute atomic E-state index is 9.09. The van der Waals surface area contributed by atoms with E-state index in [0.717, 1.165) is 39.1 Å². The van der Waals surface area contributed by atoms with E-state index in [9.17, 15) is 0 Å². The van der Waals surface area contributed by atoms with Crippen molar-refractivity contribution < 1.29 is 0 Å². The first-order valence-electron chi connectivity index (χ1n) is 9.06. The van der Waals surface area contributed by atoms with Gasteiger partial charge < -0.3 is 0 Å². The lowest BCUT2D eigenvalue weighted by Gasteiger charge is -2.08. The first kappa shape index (κ1) is 18.2. The van der Waals surface area contributed by atoms with E-state index in [4.69, 9.17) is 22.0 Å². The normalized spacial score (nSPS) is 11.0. The van der Waals surface area contributed by atoms with Crippen LogP contribution in [0.15, 0.2) is 48.5 Å².